The predicted molar refractivity (Wildman–Crippen MR) is 54.5 cm³/mol. The molecule has 0 bridgehead atoms. The van der Waals surface area contributed by atoms with Crippen LogP contribution in [0.25, 0.3) is 0 Å². The molecule has 0 spiro atoms. The van der Waals surface area contributed by atoms with Crippen molar-refractivity contribution in [2.45, 2.75) is 39.5 Å². The van der Waals surface area contributed by atoms with Gasteiger partial charge in [-0.15, -0.1) is 11.3 Å². The third-order valence-electron chi connectivity index (χ3n) is 1.86. The minimum atomic E-state index is 0.308. The first kappa shape index (κ1) is 10.6. The van der Waals surface area contributed by atoms with Gasteiger partial charge in [0.15, 0.2) is 0 Å². The molecule has 0 saturated carbocycles. The molecule has 1 aromatic heterocycles. The first-order chi connectivity index (χ1) is 6.26. The number of ether oxygens (including phenoxy) is 1. The second-order valence-corrected chi connectivity index (χ2v) is 3.91. The number of hydrogen-bond donors (Lipinski definition) is 1. The summed E-state index contributed by atoms with van der Waals surface area (Å²) in [5.41, 5.74) is 6.44. The molecule has 3 nitrogen and oxygen atoms in total. The van der Waals surface area contributed by atoms with Gasteiger partial charge in [0.05, 0.1) is 18.4 Å². The molecule has 1 rings (SSSR count). The lowest BCUT2D eigenvalue weighted by molar-refractivity contribution is 0.0491. The Hall–Kier alpha value is -0.450. The second-order valence-electron chi connectivity index (χ2n) is 2.97. The maximum atomic E-state index is 5.54. The Kier molecular flexibility index (Phi) is 4.35. The molecule has 0 radical (unpaired) electrons. The Morgan fingerprint density at radius 2 is 2.46 bits per heavy atom. The number of nitrogens with two attached hydrogens (primary N) is 1. The quantitative estimate of drug-likeness (QED) is 0.790. The minimum Gasteiger partial charge on any atom is -0.372 e. The normalized spacial score (nSPS) is 13.2. The summed E-state index contributed by atoms with van der Waals surface area (Å²) in [6.07, 6.45) is 1.34. The molecule has 1 aromatic rings. The van der Waals surface area contributed by atoms with E-state index in [4.69, 9.17) is 10.5 Å². The smallest absolute Gasteiger partial charge is 0.107 e. The fraction of sp³-hybridized carbons (Fsp3) is 0.667. The van der Waals surface area contributed by atoms with Gasteiger partial charge in [0.1, 0.15) is 5.01 Å². The Bertz CT molecular complexity index is 250. The van der Waals surface area contributed by atoms with E-state index in [0.717, 1.165) is 17.1 Å². The summed E-state index contributed by atoms with van der Waals surface area (Å²) in [5.74, 6) is 0. The van der Waals surface area contributed by atoms with Crippen LogP contribution in [0, 0.1) is 0 Å². The molecule has 0 aliphatic rings. The zero-order chi connectivity index (χ0) is 9.68. The van der Waals surface area contributed by atoms with Crippen molar-refractivity contribution in [3.05, 3.63) is 16.1 Å². The number of thiazole rings is 1. The van der Waals surface area contributed by atoms with Crippen LogP contribution in [0.15, 0.2) is 5.38 Å². The lowest BCUT2D eigenvalue weighted by Gasteiger charge is -2.08. The summed E-state index contributed by atoms with van der Waals surface area (Å²) >= 11 is 1.59. The summed E-state index contributed by atoms with van der Waals surface area (Å²) in [5, 5.41) is 2.98. The Morgan fingerprint density at radius 3 is 3.00 bits per heavy atom. The van der Waals surface area contributed by atoms with Gasteiger partial charge in [-0.3, -0.25) is 0 Å². The van der Waals surface area contributed by atoms with E-state index >= 15 is 0 Å². The topological polar surface area (TPSA) is 48.1 Å². The minimum absolute atomic E-state index is 0.308. The Morgan fingerprint density at radius 1 is 1.69 bits per heavy atom. The van der Waals surface area contributed by atoms with E-state index in [1.807, 2.05) is 5.38 Å². The Labute approximate surface area is 82.9 Å². The van der Waals surface area contributed by atoms with Crippen molar-refractivity contribution in [1.82, 2.24) is 4.98 Å². The van der Waals surface area contributed by atoms with Gasteiger partial charge in [0.2, 0.25) is 0 Å². The van der Waals surface area contributed by atoms with Crippen LogP contribution in [0.1, 0.15) is 31.0 Å². The van der Waals surface area contributed by atoms with E-state index in [-0.39, 0.29) is 0 Å². The SMILES string of the molecule is CCC(C)OCc1csc(CN)n1. The van der Waals surface area contributed by atoms with E-state index in [1.54, 1.807) is 11.3 Å². The van der Waals surface area contributed by atoms with Crippen LogP contribution in [0.3, 0.4) is 0 Å². The van der Waals surface area contributed by atoms with Crippen molar-refractivity contribution in [3.63, 3.8) is 0 Å². The van der Waals surface area contributed by atoms with Crippen LogP contribution in [0.2, 0.25) is 0 Å². The summed E-state index contributed by atoms with van der Waals surface area (Å²) in [6.45, 7) is 5.30. The molecule has 0 aliphatic carbocycles. The van der Waals surface area contributed by atoms with Crippen LogP contribution in [0.4, 0.5) is 0 Å². The van der Waals surface area contributed by atoms with Crippen LogP contribution < -0.4 is 5.73 Å². The number of rotatable bonds is 5. The van der Waals surface area contributed by atoms with Crippen molar-refractivity contribution in [2.24, 2.45) is 5.73 Å². The lowest BCUT2D eigenvalue weighted by Crippen LogP contribution is -2.06. The predicted octanol–water partition coefficient (Wildman–Crippen LogP) is 1.92. The maximum absolute atomic E-state index is 5.54. The highest BCUT2D eigenvalue weighted by atomic mass is 32.1. The van der Waals surface area contributed by atoms with Crippen molar-refractivity contribution >= 4 is 11.3 Å². The van der Waals surface area contributed by atoms with Crippen LogP contribution in [0.5, 0.6) is 0 Å². The van der Waals surface area contributed by atoms with Gasteiger partial charge >= 0.3 is 0 Å². The number of aromatic nitrogens is 1. The van der Waals surface area contributed by atoms with Crippen LogP contribution in [-0.2, 0) is 17.9 Å². The molecule has 13 heavy (non-hydrogen) atoms. The largest absolute Gasteiger partial charge is 0.372 e. The summed E-state index contributed by atoms with van der Waals surface area (Å²) in [6, 6.07) is 0. The van der Waals surface area contributed by atoms with Crippen molar-refractivity contribution < 1.29 is 4.74 Å². The first-order valence-electron chi connectivity index (χ1n) is 4.51. The fourth-order valence-electron chi connectivity index (χ4n) is 0.854. The van der Waals surface area contributed by atoms with E-state index in [2.05, 4.69) is 18.8 Å². The molecular weight excluding hydrogens is 184 g/mol. The molecule has 1 heterocycles. The van der Waals surface area contributed by atoms with E-state index in [0.29, 0.717) is 19.3 Å². The summed E-state index contributed by atoms with van der Waals surface area (Å²) < 4.78 is 5.54. The average molecular weight is 200 g/mol. The van der Waals surface area contributed by atoms with Crippen LogP contribution >= 0.6 is 11.3 Å². The van der Waals surface area contributed by atoms with Crippen molar-refractivity contribution in [3.8, 4) is 0 Å². The van der Waals surface area contributed by atoms with Crippen molar-refractivity contribution in [1.29, 1.82) is 0 Å². The first-order valence-corrected chi connectivity index (χ1v) is 5.39. The highest BCUT2D eigenvalue weighted by molar-refractivity contribution is 7.09. The molecule has 1 unspecified atom stereocenters. The maximum Gasteiger partial charge on any atom is 0.107 e. The molecule has 0 aliphatic heterocycles. The fourth-order valence-corrected chi connectivity index (χ4v) is 1.51. The molecule has 0 amide bonds. The zero-order valence-electron chi connectivity index (χ0n) is 8.12. The number of hydrogen-bond acceptors (Lipinski definition) is 4. The van der Waals surface area contributed by atoms with E-state index in [1.165, 1.54) is 0 Å². The van der Waals surface area contributed by atoms with Gasteiger partial charge in [-0.1, -0.05) is 6.92 Å². The molecule has 2 N–H and O–H groups in total. The van der Waals surface area contributed by atoms with Gasteiger partial charge < -0.3 is 10.5 Å². The molecule has 0 fully saturated rings. The highest BCUT2D eigenvalue weighted by Crippen LogP contribution is 2.11. The molecule has 0 aromatic carbocycles. The summed E-state index contributed by atoms with van der Waals surface area (Å²) in [7, 11) is 0. The Balaban J connectivity index is 2.36. The van der Waals surface area contributed by atoms with E-state index in [9.17, 15) is 0 Å². The third-order valence-corrected chi connectivity index (χ3v) is 2.78. The molecule has 0 saturated heterocycles. The number of nitrogens with zero attached hydrogens (tertiary/aromatic N) is 1. The van der Waals surface area contributed by atoms with E-state index < -0.39 is 0 Å². The third kappa shape index (κ3) is 3.42. The molecule has 4 heteroatoms. The lowest BCUT2D eigenvalue weighted by atomic mass is 10.3. The van der Waals surface area contributed by atoms with Gasteiger partial charge in [-0.05, 0) is 13.3 Å². The monoisotopic (exact) mass is 200 g/mol. The zero-order valence-corrected chi connectivity index (χ0v) is 8.93. The summed E-state index contributed by atoms with van der Waals surface area (Å²) in [4.78, 5) is 4.30. The second kappa shape index (κ2) is 5.32. The van der Waals surface area contributed by atoms with Gasteiger partial charge in [0.25, 0.3) is 0 Å². The molecular formula is C9H16N2OS. The molecule has 74 valence electrons. The standard InChI is InChI=1S/C9H16N2OS/c1-3-7(2)12-5-8-6-13-9(4-10)11-8/h6-7H,3-5,10H2,1-2H3. The van der Waals surface area contributed by atoms with Crippen LogP contribution in [-0.4, -0.2) is 11.1 Å². The van der Waals surface area contributed by atoms with Crippen molar-refractivity contribution in [2.75, 3.05) is 0 Å². The highest BCUT2D eigenvalue weighted by Gasteiger charge is 2.02. The van der Waals surface area contributed by atoms with Gasteiger partial charge in [-0.2, -0.15) is 0 Å². The molecule has 1 atom stereocenters. The average Bonchev–Trinajstić information content (AvgIpc) is 2.61. The van der Waals surface area contributed by atoms with Gasteiger partial charge in [-0.25, -0.2) is 4.98 Å². The van der Waals surface area contributed by atoms with Gasteiger partial charge in [0, 0.05) is 11.9 Å².